The maximum absolute atomic E-state index is 11.3. The summed E-state index contributed by atoms with van der Waals surface area (Å²) in [5.41, 5.74) is 0.558. The van der Waals surface area contributed by atoms with Crippen LogP contribution in [-0.4, -0.2) is 24.4 Å². The van der Waals surface area contributed by atoms with Crippen molar-refractivity contribution in [2.45, 2.75) is 19.9 Å². The van der Waals surface area contributed by atoms with Gasteiger partial charge in [0.15, 0.2) is 11.5 Å². The molecular formula is C13H16ClNO4. The van der Waals surface area contributed by atoms with Crippen molar-refractivity contribution in [1.29, 1.82) is 0 Å². The molecule has 5 nitrogen and oxygen atoms in total. The Morgan fingerprint density at radius 1 is 1.47 bits per heavy atom. The van der Waals surface area contributed by atoms with Crippen molar-refractivity contribution < 1.29 is 19.4 Å². The predicted octanol–water partition coefficient (Wildman–Crippen LogP) is 2.44. The summed E-state index contributed by atoms with van der Waals surface area (Å²) in [6.07, 6.45) is 0. The topological polar surface area (TPSA) is 67.8 Å². The molecule has 2 rings (SSSR count). The standard InChI is InChI=1S/C13H16ClNO4/c1-7(2)5-15-11(13(16)17)8-3-9(14)12-10(4-8)18-6-19-12/h3-4,7,11,15H,5-6H2,1-2H3,(H,16,17). The molecule has 0 bridgehead atoms. The van der Waals surface area contributed by atoms with E-state index in [9.17, 15) is 9.90 Å². The Labute approximate surface area is 116 Å². The first kappa shape index (κ1) is 14.0. The number of hydrogen-bond acceptors (Lipinski definition) is 4. The Morgan fingerprint density at radius 2 is 2.21 bits per heavy atom. The van der Waals surface area contributed by atoms with Crippen LogP contribution in [0.4, 0.5) is 0 Å². The molecule has 0 fully saturated rings. The first-order valence-electron chi connectivity index (χ1n) is 6.04. The molecule has 0 aromatic heterocycles. The number of rotatable bonds is 5. The van der Waals surface area contributed by atoms with Gasteiger partial charge >= 0.3 is 5.97 Å². The summed E-state index contributed by atoms with van der Waals surface area (Å²) in [5.74, 6) is 0.362. The molecule has 1 aromatic rings. The lowest BCUT2D eigenvalue weighted by atomic mass is 10.1. The number of ether oxygens (including phenoxy) is 2. The monoisotopic (exact) mass is 285 g/mol. The lowest BCUT2D eigenvalue weighted by molar-refractivity contribution is -0.139. The zero-order valence-electron chi connectivity index (χ0n) is 10.8. The number of benzene rings is 1. The van der Waals surface area contributed by atoms with Gasteiger partial charge < -0.3 is 19.9 Å². The molecule has 0 amide bonds. The molecule has 0 saturated carbocycles. The minimum absolute atomic E-state index is 0.107. The van der Waals surface area contributed by atoms with E-state index in [-0.39, 0.29) is 6.79 Å². The zero-order chi connectivity index (χ0) is 14.0. The Hall–Kier alpha value is -1.46. The molecule has 0 saturated heterocycles. The zero-order valence-corrected chi connectivity index (χ0v) is 11.5. The largest absolute Gasteiger partial charge is 0.480 e. The van der Waals surface area contributed by atoms with E-state index in [0.29, 0.717) is 34.5 Å². The van der Waals surface area contributed by atoms with Gasteiger partial charge in [0.1, 0.15) is 6.04 Å². The highest BCUT2D eigenvalue weighted by Gasteiger charge is 2.25. The summed E-state index contributed by atoms with van der Waals surface area (Å²) in [7, 11) is 0. The molecule has 104 valence electrons. The highest BCUT2D eigenvalue weighted by atomic mass is 35.5. The number of aliphatic carboxylic acids is 1. The van der Waals surface area contributed by atoms with Crippen LogP contribution in [0.15, 0.2) is 12.1 Å². The van der Waals surface area contributed by atoms with Crippen LogP contribution in [0.25, 0.3) is 0 Å². The van der Waals surface area contributed by atoms with E-state index in [2.05, 4.69) is 5.32 Å². The van der Waals surface area contributed by atoms with E-state index in [0.717, 1.165) is 0 Å². The summed E-state index contributed by atoms with van der Waals surface area (Å²) >= 11 is 6.06. The van der Waals surface area contributed by atoms with Crippen LogP contribution in [-0.2, 0) is 4.79 Å². The van der Waals surface area contributed by atoms with Crippen molar-refractivity contribution in [2.75, 3.05) is 13.3 Å². The van der Waals surface area contributed by atoms with Crippen molar-refractivity contribution in [1.82, 2.24) is 5.32 Å². The third kappa shape index (κ3) is 3.11. The third-order valence-corrected chi connectivity index (χ3v) is 3.04. The lowest BCUT2D eigenvalue weighted by Crippen LogP contribution is -2.31. The molecule has 1 aliphatic rings. The molecule has 1 heterocycles. The van der Waals surface area contributed by atoms with Gasteiger partial charge in [0.05, 0.1) is 5.02 Å². The fourth-order valence-electron chi connectivity index (χ4n) is 1.86. The summed E-state index contributed by atoms with van der Waals surface area (Å²) in [5, 5.41) is 12.7. The Balaban J connectivity index is 2.27. The summed E-state index contributed by atoms with van der Waals surface area (Å²) in [4.78, 5) is 11.3. The molecule has 19 heavy (non-hydrogen) atoms. The molecule has 0 spiro atoms. The highest BCUT2D eigenvalue weighted by Crippen LogP contribution is 2.41. The summed E-state index contributed by atoms with van der Waals surface area (Å²) in [6.45, 7) is 4.73. The smallest absolute Gasteiger partial charge is 0.325 e. The quantitative estimate of drug-likeness (QED) is 0.870. The van der Waals surface area contributed by atoms with Crippen LogP contribution < -0.4 is 14.8 Å². The first-order chi connectivity index (χ1) is 8.99. The fourth-order valence-corrected chi connectivity index (χ4v) is 2.13. The van der Waals surface area contributed by atoms with E-state index in [1.807, 2.05) is 13.8 Å². The van der Waals surface area contributed by atoms with E-state index in [1.165, 1.54) is 0 Å². The number of fused-ring (bicyclic) bond motifs is 1. The van der Waals surface area contributed by atoms with Gasteiger partial charge in [-0.1, -0.05) is 25.4 Å². The average Bonchev–Trinajstić information content (AvgIpc) is 2.77. The van der Waals surface area contributed by atoms with Crippen molar-refractivity contribution >= 4 is 17.6 Å². The second-order valence-electron chi connectivity index (χ2n) is 4.81. The highest BCUT2D eigenvalue weighted by molar-refractivity contribution is 6.32. The molecule has 1 unspecified atom stereocenters. The van der Waals surface area contributed by atoms with Crippen LogP contribution in [0.1, 0.15) is 25.5 Å². The maximum atomic E-state index is 11.3. The van der Waals surface area contributed by atoms with Crippen molar-refractivity contribution in [2.24, 2.45) is 5.92 Å². The van der Waals surface area contributed by atoms with Gasteiger partial charge in [-0.25, -0.2) is 0 Å². The molecule has 1 aliphatic heterocycles. The Kier molecular flexibility index (Phi) is 4.17. The van der Waals surface area contributed by atoms with Crippen LogP contribution in [0.5, 0.6) is 11.5 Å². The lowest BCUT2D eigenvalue weighted by Gasteiger charge is -2.17. The first-order valence-corrected chi connectivity index (χ1v) is 6.42. The minimum Gasteiger partial charge on any atom is -0.480 e. The number of carboxylic acids is 1. The summed E-state index contributed by atoms with van der Waals surface area (Å²) in [6, 6.07) is 2.44. The molecule has 0 radical (unpaired) electrons. The third-order valence-electron chi connectivity index (χ3n) is 2.76. The van der Waals surface area contributed by atoms with E-state index in [1.54, 1.807) is 12.1 Å². The van der Waals surface area contributed by atoms with Gasteiger partial charge in [-0.05, 0) is 30.2 Å². The number of hydrogen-bond donors (Lipinski definition) is 2. The number of halogens is 1. The van der Waals surface area contributed by atoms with Gasteiger partial charge in [0, 0.05) is 0 Å². The van der Waals surface area contributed by atoms with Crippen molar-refractivity contribution in [3.05, 3.63) is 22.7 Å². The minimum atomic E-state index is -0.949. The predicted molar refractivity (Wildman–Crippen MR) is 70.8 cm³/mol. The van der Waals surface area contributed by atoms with Crippen LogP contribution >= 0.6 is 11.6 Å². The van der Waals surface area contributed by atoms with Gasteiger partial charge in [-0.2, -0.15) is 0 Å². The second-order valence-corrected chi connectivity index (χ2v) is 5.22. The Morgan fingerprint density at radius 3 is 2.84 bits per heavy atom. The fraction of sp³-hybridized carbons (Fsp3) is 0.462. The normalized spacial score (nSPS) is 14.7. The van der Waals surface area contributed by atoms with E-state index >= 15 is 0 Å². The molecular weight excluding hydrogens is 270 g/mol. The summed E-state index contributed by atoms with van der Waals surface area (Å²) < 4.78 is 10.4. The van der Waals surface area contributed by atoms with Crippen LogP contribution in [0.3, 0.4) is 0 Å². The molecule has 6 heteroatoms. The van der Waals surface area contributed by atoms with Crippen LogP contribution in [0.2, 0.25) is 5.02 Å². The Bertz CT molecular complexity index is 490. The average molecular weight is 286 g/mol. The van der Waals surface area contributed by atoms with E-state index < -0.39 is 12.0 Å². The number of carbonyl (C=O) groups is 1. The van der Waals surface area contributed by atoms with Gasteiger partial charge in [-0.3, -0.25) is 4.79 Å². The van der Waals surface area contributed by atoms with E-state index in [4.69, 9.17) is 21.1 Å². The van der Waals surface area contributed by atoms with Crippen LogP contribution in [0, 0.1) is 5.92 Å². The van der Waals surface area contributed by atoms with Crippen molar-refractivity contribution in [3.8, 4) is 11.5 Å². The SMILES string of the molecule is CC(C)CNC(C(=O)O)c1cc(Cl)c2c(c1)OCO2. The van der Waals surface area contributed by atoms with Crippen molar-refractivity contribution in [3.63, 3.8) is 0 Å². The molecule has 1 aromatic carbocycles. The second kappa shape index (κ2) is 5.67. The molecule has 2 N–H and O–H groups in total. The number of nitrogens with one attached hydrogen (secondary N) is 1. The molecule has 1 atom stereocenters. The van der Waals surface area contributed by atoms with Gasteiger partial charge in [0.25, 0.3) is 0 Å². The van der Waals surface area contributed by atoms with Gasteiger partial charge in [0.2, 0.25) is 6.79 Å². The number of carboxylic acid groups (broad SMARTS) is 1. The molecule has 0 aliphatic carbocycles. The van der Waals surface area contributed by atoms with Gasteiger partial charge in [-0.15, -0.1) is 0 Å². The maximum Gasteiger partial charge on any atom is 0.325 e.